The fourth-order valence-corrected chi connectivity index (χ4v) is 3.27. The summed E-state index contributed by atoms with van der Waals surface area (Å²) in [6, 6.07) is 0. The number of carboxylic acid groups (broad SMARTS) is 1. The van der Waals surface area contributed by atoms with E-state index in [9.17, 15) is 19.8 Å². The Labute approximate surface area is 149 Å². The third-order valence-corrected chi connectivity index (χ3v) is 4.67. The lowest BCUT2D eigenvalue weighted by molar-refractivity contribution is -0.142. The van der Waals surface area contributed by atoms with Gasteiger partial charge in [0.25, 0.3) is 0 Å². The van der Waals surface area contributed by atoms with E-state index in [1.165, 1.54) is 0 Å². The Hall–Kier alpha value is -1.24. The predicted octanol–water partition coefficient (Wildman–Crippen LogP) is 2.32. The van der Waals surface area contributed by atoms with Crippen molar-refractivity contribution in [3.05, 3.63) is 12.2 Å². The van der Waals surface area contributed by atoms with Gasteiger partial charge in [0.15, 0.2) is 0 Å². The third-order valence-electron chi connectivity index (χ3n) is 4.67. The molecule has 4 atom stereocenters. The maximum Gasteiger partial charge on any atom is 0.329 e. The second kappa shape index (κ2) is 12.2. The zero-order chi connectivity index (χ0) is 18.7. The molecule has 0 saturated heterocycles. The van der Waals surface area contributed by atoms with Crippen LogP contribution < -0.4 is 0 Å². The molecule has 6 heteroatoms. The average molecular weight is 356 g/mol. The Morgan fingerprint density at radius 1 is 1.36 bits per heavy atom. The van der Waals surface area contributed by atoms with E-state index in [-0.39, 0.29) is 36.8 Å². The number of aliphatic carboxylic acids is 1. The number of ether oxygens (including phenoxy) is 1. The molecule has 6 nitrogen and oxygen atoms in total. The van der Waals surface area contributed by atoms with Crippen LogP contribution in [-0.4, -0.2) is 52.5 Å². The van der Waals surface area contributed by atoms with Crippen molar-refractivity contribution in [3.63, 3.8) is 0 Å². The molecule has 0 aliphatic heterocycles. The van der Waals surface area contributed by atoms with Gasteiger partial charge in [-0.2, -0.15) is 0 Å². The van der Waals surface area contributed by atoms with E-state index in [2.05, 4.69) is 6.92 Å². The minimum absolute atomic E-state index is 0.0835. The van der Waals surface area contributed by atoms with Gasteiger partial charge in [0.05, 0.1) is 12.2 Å². The first kappa shape index (κ1) is 21.8. The van der Waals surface area contributed by atoms with Crippen LogP contribution in [0.15, 0.2) is 12.2 Å². The van der Waals surface area contributed by atoms with Gasteiger partial charge in [0, 0.05) is 24.9 Å². The van der Waals surface area contributed by atoms with E-state index in [1.54, 1.807) is 0 Å². The lowest BCUT2D eigenvalue weighted by atomic mass is 9.89. The van der Waals surface area contributed by atoms with Crippen LogP contribution in [0.4, 0.5) is 0 Å². The van der Waals surface area contributed by atoms with Crippen molar-refractivity contribution in [1.82, 2.24) is 0 Å². The van der Waals surface area contributed by atoms with Crippen LogP contribution in [0.1, 0.15) is 58.3 Å². The topological polar surface area (TPSA) is 104 Å². The molecule has 0 radical (unpaired) electrons. The number of aliphatic hydroxyl groups excluding tert-OH is 2. The number of ketones is 1. The molecule has 0 aromatic carbocycles. The van der Waals surface area contributed by atoms with Crippen LogP contribution in [0.25, 0.3) is 0 Å². The van der Waals surface area contributed by atoms with Crippen LogP contribution >= 0.6 is 0 Å². The van der Waals surface area contributed by atoms with E-state index in [4.69, 9.17) is 9.84 Å². The summed E-state index contributed by atoms with van der Waals surface area (Å²) in [5.74, 6) is -1.29. The van der Waals surface area contributed by atoms with Crippen LogP contribution in [-0.2, 0) is 14.3 Å². The molecule has 0 aromatic heterocycles. The molecule has 1 aliphatic carbocycles. The van der Waals surface area contributed by atoms with Crippen molar-refractivity contribution in [2.75, 3.05) is 13.2 Å². The second-order valence-corrected chi connectivity index (χ2v) is 6.82. The highest BCUT2D eigenvalue weighted by molar-refractivity contribution is 5.84. The summed E-state index contributed by atoms with van der Waals surface area (Å²) in [7, 11) is 0. The van der Waals surface area contributed by atoms with Crippen molar-refractivity contribution < 1.29 is 29.6 Å². The molecule has 0 bridgehead atoms. The molecule has 1 saturated carbocycles. The van der Waals surface area contributed by atoms with E-state index in [0.717, 1.165) is 25.7 Å². The van der Waals surface area contributed by atoms with Crippen molar-refractivity contribution in [2.45, 2.75) is 70.5 Å². The van der Waals surface area contributed by atoms with Crippen molar-refractivity contribution in [3.8, 4) is 0 Å². The first-order valence-corrected chi connectivity index (χ1v) is 9.30. The van der Waals surface area contributed by atoms with Crippen LogP contribution in [0.3, 0.4) is 0 Å². The number of carbonyl (C=O) groups is 2. The van der Waals surface area contributed by atoms with E-state index >= 15 is 0 Å². The molecule has 1 rings (SSSR count). The maximum absolute atomic E-state index is 12.1. The van der Waals surface area contributed by atoms with E-state index in [1.807, 2.05) is 12.2 Å². The summed E-state index contributed by atoms with van der Waals surface area (Å²) in [6.07, 6.45) is 8.42. The first-order valence-electron chi connectivity index (χ1n) is 9.30. The normalized spacial score (nSPS) is 24.9. The Balaban J connectivity index is 2.37. The van der Waals surface area contributed by atoms with Gasteiger partial charge in [-0.25, -0.2) is 4.79 Å². The van der Waals surface area contributed by atoms with Crippen LogP contribution in [0, 0.1) is 11.8 Å². The SMILES string of the molecule is CCCC[C@@H](O)CC=C[C@H]1[C@H](O)CC(=O)[C@@H]1CCCCOCC(=O)O. The molecular formula is C19H32O6. The number of hydrogen-bond acceptors (Lipinski definition) is 5. The average Bonchev–Trinajstić information content (AvgIpc) is 2.82. The monoisotopic (exact) mass is 356 g/mol. The number of rotatable bonds is 13. The standard InChI is InChI=1S/C19H32O6/c1-2-3-7-14(20)8-6-10-16-15(17(21)12-18(16)22)9-4-5-11-25-13-19(23)24/h6,10,14-16,18,20,22H,2-5,7-9,11-13H2,1H3,(H,23,24)/t14-,15-,16-,18-/m1/s1. The molecule has 1 fully saturated rings. The van der Waals surface area contributed by atoms with Crippen LogP contribution in [0.5, 0.6) is 0 Å². The summed E-state index contributed by atoms with van der Waals surface area (Å²) >= 11 is 0. The quantitative estimate of drug-likeness (QED) is 0.346. The lowest BCUT2D eigenvalue weighted by Gasteiger charge is -2.17. The molecule has 0 amide bonds. The molecule has 0 heterocycles. The summed E-state index contributed by atoms with van der Waals surface area (Å²) in [5, 5.41) is 28.5. The number of unbranched alkanes of at least 4 members (excludes halogenated alkanes) is 2. The third kappa shape index (κ3) is 8.61. The predicted molar refractivity (Wildman–Crippen MR) is 94.2 cm³/mol. The summed E-state index contributed by atoms with van der Waals surface area (Å²) in [5.41, 5.74) is 0. The van der Waals surface area contributed by atoms with Gasteiger partial charge in [-0.05, 0) is 25.7 Å². The van der Waals surface area contributed by atoms with Gasteiger partial charge in [0.1, 0.15) is 12.4 Å². The van der Waals surface area contributed by atoms with Gasteiger partial charge in [-0.1, -0.05) is 38.3 Å². The number of aliphatic hydroxyl groups is 2. The Morgan fingerprint density at radius 3 is 2.80 bits per heavy atom. The molecule has 1 aliphatic rings. The molecule has 0 unspecified atom stereocenters. The zero-order valence-electron chi connectivity index (χ0n) is 15.1. The minimum atomic E-state index is -0.986. The largest absolute Gasteiger partial charge is 0.480 e. The maximum atomic E-state index is 12.1. The van der Waals surface area contributed by atoms with E-state index in [0.29, 0.717) is 25.9 Å². The number of carbonyl (C=O) groups excluding carboxylic acids is 1. The summed E-state index contributed by atoms with van der Waals surface area (Å²) in [4.78, 5) is 22.4. The lowest BCUT2D eigenvalue weighted by Crippen LogP contribution is -2.19. The molecule has 3 N–H and O–H groups in total. The number of hydrogen-bond donors (Lipinski definition) is 3. The van der Waals surface area contributed by atoms with E-state index < -0.39 is 12.1 Å². The van der Waals surface area contributed by atoms with Crippen molar-refractivity contribution in [2.24, 2.45) is 11.8 Å². The highest BCUT2D eigenvalue weighted by Gasteiger charge is 2.39. The Kier molecular flexibility index (Phi) is 10.6. The minimum Gasteiger partial charge on any atom is -0.480 e. The Morgan fingerprint density at radius 2 is 2.12 bits per heavy atom. The molecule has 25 heavy (non-hydrogen) atoms. The molecule has 144 valence electrons. The second-order valence-electron chi connectivity index (χ2n) is 6.82. The summed E-state index contributed by atoms with van der Waals surface area (Å²) < 4.78 is 4.98. The fraction of sp³-hybridized carbons (Fsp3) is 0.789. The molecule has 0 aromatic rings. The summed E-state index contributed by atoms with van der Waals surface area (Å²) in [6.45, 7) is 2.15. The van der Waals surface area contributed by atoms with Crippen molar-refractivity contribution in [1.29, 1.82) is 0 Å². The number of carboxylic acids is 1. The zero-order valence-corrected chi connectivity index (χ0v) is 15.1. The van der Waals surface area contributed by atoms with Gasteiger partial charge in [0.2, 0.25) is 0 Å². The Bertz CT molecular complexity index is 434. The fourth-order valence-electron chi connectivity index (χ4n) is 3.27. The van der Waals surface area contributed by atoms with Gasteiger partial charge < -0.3 is 20.1 Å². The highest BCUT2D eigenvalue weighted by atomic mass is 16.5. The van der Waals surface area contributed by atoms with Crippen molar-refractivity contribution >= 4 is 11.8 Å². The number of Topliss-reactive ketones (excluding diaryl/α,β-unsaturated/α-hetero) is 1. The molecular weight excluding hydrogens is 324 g/mol. The van der Waals surface area contributed by atoms with Gasteiger partial charge in [-0.15, -0.1) is 0 Å². The molecule has 0 spiro atoms. The highest BCUT2D eigenvalue weighted by Crippen LogP contribution is 2.34. The van der Waals surface area contributed by atoms with Crippen LogP contribution in [0.2, 0.25) is 0 Å². The first-order chi connectivity index (χ1) is 12.0. The van der Waals surface area contributed by atoms with Gasteiger partial charge in [-0.3, -0.25) is 4.79 Å². The van der Waals surface area contributed by atoms with Gasteiger partial charge >= 0.3 is 5.97 Å². The smallest absolute Gasteiger partial charge is 0.329 e.